The van der Waals surface area contributed by atoms with E-state index in [0.717, 1.165) is 0 Å². The molecule has 0 unspecified atom stereocenters. The summed E-state index contributed by atoms with van der Waals surface area (Å²) in [6.07, 6.45) is 1.31. The molecule has 0 saturated carbocycles. The van der Waals surface area contributed by atoms with E-state index in [1.807, 2.05) is 0 Å². The number of amides is 3. The molecule has 1 aromatic heterocycles. The van der Waals surface area contributed by atoms with Gasteiger partial charge in [0.05, 0.1) is 5.02 Å². The van der Waals surface area contributed by atoms with Crippen molar-refractivity contribution in [3.63, 3.8) is 0 Å². The number of carbonyl (C=O) groups is 3. The van der Waals surface area contributed by atoms with Crippen LogP contribution in [0, 0.1) is 0 Å². The van der Waals surface area contributed by atoms with E-state index in [0.29, 0.717) is 26.3 Å². The fourth-order valence-electron chi connectivity index (χ4n) is 2.25. The Kier molecular flexibility index (Phi) is 4.52. The van der Waals surface area contributed by atoms with Crippen LogP contribution in [-0.2, 0) is 9.59 Å². The topological polar surface area (TPSA) is 99.8 Å². The quantitative estimate of drug-likeness (QED) is 0.626. The molecule has 2 heterocycles. The van der Waals surface area contributed by atoms with Gasteiger partial charge in [0, 0.05) is 16.7 Å². The summed E-state index contributed by atoms with van der Waals surface area (Å²) in [5.41, 5.74) is 0.498. The number of rotatable bonds is 4. The molecule has 3 amide bonds. The first kappa shape index (κ1) is 17.1. The van der Waals surface area contributed by atoms with Crippen molar-refractivity contribution in [3.05, 3.63) is 51.8 Å². The molecule has 0 radical (unpaired) electrons. The summed E-state index contributed by atoms with van der Waals surface area (Å²) in [7, 11) is 0. The summed E-state index contributed by atoms with van der Waals surface area (Å²) in [6.45, 7) is -0.719. The number of imide groups is 1. The van der Waals surface area contributed by atoms with Crippen LogP contribution in [0.3, 0.4) is 0 Å². The highest BCUT2D eigenvalue weighted by Crippen LogP contribution is 2.32. The van der Waals surface area contributed by atoms with E-state index in [1.165, 1.54) is 6.08 Å². The van der Waals surface area contributed by atoms with Gasteiger partial charge in [-0.2, -0.15) is 0 Å². The zero-order valence-corrected chi connectivity index (χ0v) is 14.0. The molecular formula is C16H10Cl2N2O5. The Morgan fingerprint density at radius 2 is 2.00 bits per heavy atom. The molecule has 128 valence electrons. The maximum atomic E-state index is 12.1. The van der Waals surface area contributed by atoms with Crippen molar-refractivity contribution < 1.29 is 23.9 Å². The largest absolute Gasteiger partial charge is 0.480 e. The van der Waals surface area contributed by atoms with Crippen LogP contribution in [0.1, 0.15) is 5.76 Å². The van der Waals surface area contributed by atoms with Crippen molar-refractivity contribution in [2.75, 3.05) is 6.54 Å². The van der Waals surface area contributed by atoms with Gasteiger partial charge < -0.3 is 14.8 Å². The fourth-order valence-corrected chi connectivity index (χ4v) is 2.64. The third-order valence-corrected chi connectivity index (χ3v) is 3.93. The van der Waals surface area contributed by atoms with Gasteiger partial charge in [-0.15, -0.1) is 0 Å². The molecule has 25 heavy (non-hydrogen) atoms. The molecule has 1 aromatic carbocycles. The van der Waals surface area contributed by atoms with Crippen LogP contribution in [0.2, 0.25) is 10.0 Å². The van der Waals surface area contributed by atoms with Crippen LogP contribution in [0.5, 0.6) is 0 Å². The summed E-state index contributed by atoms with van der Waals surface area (Å²) in [4.78, 5) is 35.0. The molecule has 1 fully saturated rings. The van der Waals surface area contributed by atoms with Gasteiger partial charge in [-0.1, -0.05) is 23.2 Å². The molecule has 0 atom stereocenters. The monoisotopic (exact) mass is 380 g/mol. The summed E-state index contributed by atoms with van der Waals surface area (Å²) >= 11 is 12.1. The molecular weight excluding hydrogens is 371 g/mol. The van der Waals surface area contributed by atoms with Gasteiger partial charge in [0.1, 0.15) is 23.8 Å². The van der Waals surface area contributed by atoms with Crippen molar-refractivity contribution >= 4 is 47.2 Å². The van der Waals surface area contributed by atoms with Crippen molar-refractivity contribution in [3.8, 4) is 11.3 Å². The number of aliphatic carboxylic acids is 1. The van der Waals surface area contributed by atoms with Gasteiger partial charge in [0.25, 0.3) is 5.91 Å². The maximum Gasteiger partial charge on any atom is 0.329 e. The molecule has 0 bridgehead atoms. The molecule has 0 aliphatic carbocycles. The SMILES string of the molecule is O=C(O)CN1C(=O)N/C(=C/c2ccc(-c3cc(Cl)ccc3Cl)o2)C1=O. The van der Waals surface area contributed by atoms with Crippen LogP contribution >= 0.6 is 23.2 Å². The highest BCUT2D eigenvalue weighted by atomic mass is 35.5. The predicted octanol–water partition coefficient (Wildman–Crippen LogP) is 3.23. The Balaban J connectivity index is 1.87. The van der Waals surface area contributed by atoms with E-state index in [4.69, 9.17) is 32.7 Å². The van der Waals surface area contributed by atoms with E-state index in [-0.39, 0.29) is 11.5 Å². The fraction of sp³-hybridized carbons (Fsp3) is 0.0625. The van der Waals surface area contributed by atoms with Crippen LogP contribution in [-0.4, -0.2) is 34.5 Å². The number of hydrogen-bond acceptors (Lipinski definition) is 4. The van der Waals surface area contributed by atoms with Gasteiger partial charge >= 0.3 is 12.0 Å². The second-order valence-corrected chi connectivity index (χ2v) is 5.94. The summed E-state index contributed by atoms with van der Waals surface area (Å²) in [5.74, 6) is -1.32. The lowest BCUT2D eigenvalue weighted by atomic mass is 10.2. The van der Waals surface area contributed by atoms with Crippen molar-refractivity contribution in [2.24, 2.45) is 0 Å². The minimum absolute atomic E-state index is 0.0793. The molecule has 0 spiro atoms. The molecule has 3 rings (SSSR count). The number of carboxylic acid groups (broad SMARTS) is 1. The average molecular weight is 381 g/mol. The molecule has 1 saturated heterocycles. The smallest absolute Gasteiger partial charge is 0.329 e. The Labute approximate surface area is 151 Å². The first-order valence-corrected chi connectivity index (χ1v) is 7.72. The minimum Gasteiger partial charge on any atom is -0.480 e. The summed E-state index contributed by atoms with van der Waals surface area (Å²) < 4.78 is 5.61. The van der Waals surface area contributed by atoms with Gasteiger partial charge in [0.15, 0.2) is 0 Å². The van der Waals surface area contributed by atoms with Crippen molar-refractivity contribution in [1.82, 2.24) is 10.2 Å². The molecule has 9 heteroatoms. The Bertz CT molecular complexity index is 919. The van der Waals surface area contributed by atoms with Gasteiger partial charge in [-0.05, 0) is 30.3 Å². The second kappa shape index (κ2) is 6.62. The lowest BCUT2D eigenvalue weighted by molar-refractivity contribution is -0.140. The van der Waals surface area contributed by atoms with E-state index >= 15 is 0 Å². The first-order valence-electron chi connectivity index (χ1n) is 6.97. The minimum atomic E-state index is -1.29. The van der Waals surface area contributed by atoms with Gasteiger partial charge in [-0.3, -0.25) is 9.59 Å². The van der Waals surface area contributed by atoms with E-state index in [1.54, 1.807) is 30.3 Å². The standard InChI is InChI=1S/C16H10Cl2N2O5/c17-8-1-3-11(18)10(5-8)13-4-2-9(25-13)6-12-15(23)20(7-14(21)22)16(24)19-12/h1-6H,7H2,(H,19,24)(H,21,22)/b12-6+. The number of nitrogens with zero attached hydrogens (tertiary/aromatic N) is 1. The number of carboxylic acids is 1. The zero-order chi connectivity index (χ0) is 18.1. The van der Waals surface area contributed by atoms with E-state index in [9.17, 15) is 14.4 Å². The molecule has 1 aliphatic heterocycles. The average Bonchev–Trinajstić information content (AvgIpc) is 3.10. The van der Waals surface area contributed by atoms with Crippen LogP contribution in [0.15, 0.2) is 40.4 Å². The van der Waals surface area contributed by atoms with Crippen LogP contribution in [0.4, 0.5) is 4.79 Å². The van der Waals surface area contributed by atoms with Crippen molar-refractivity contribution in [1.29, 1.82) is 0 Å². The summed E-state index contributed by atoms with van der Waals surface area (Å²) in [5, 5.41) is 12.0. The highest BCUT2D eigenvalue weighted by molar-refractivity contribution is 6.35. The lowest BCUT2D eigenvalue weighted by Gasteiger charge is -2.06. The molecule has 7 nitrogen and oxygen atoms in total. The van der Waals surface area contributed by atoms with Gasteiger partial charge in [-0.25, -0.2) is 9.69 Å². The highest BCUT2D eigenvalue weighted by Gasteiger charge is 2.35. The number of carbonyl (C=O) groups excluding carboxylic acids is 2. The number of hydrogen-bond donors (Lipinski definition) is 2. The third-order valence-electron chi connectivity index (χ3n) is 3.36. The second-order valence-electron chi connectivity index (χ2n) is 5.10. The zero-order valence-electron chi connectivity index (χ0n) is 12.5. The predicted molar refractivity (Wildman–Crippen MR) is 90.0 cm³/mol. The Morgan fingerprint density at radius 3 is 2.72 bits per heavy atom. The molecule has 1 aliphatic rings. The molecule has 2 aromatic rings. The Hall–Kier alpha value is -2.77. The first-order chi connectivity index (χ1) is 11.8. The Morgan fingerprint density at radius 1 is 1.24 bits per heavy atom. The van der Waals surface area contributed by atoms with Gasteiger partial charge in [0.2, 0.25) is 0 Å². The maximum absolute atomic E-state index is 12.1. The molecule has 2 N–H and O–H groups in total. The number of benzene rings is 1. The summed E-state index contributed by atoms with van der Waals surface area (Å²) in [6, 6.07) is 7.33. The van der Waals surface area contributed by atoms with Crippen LogP contribution < -0.4 is 5.32 Å². The normalized spacial score (nSPS) is 15.8. The number of halogens is 2. The lowest BCUT2D eigenvalue weighted by Crippen LogP contribution is -2.35. The third kappa shape index (κ3) is 3.52. The number of urea groups is 1. The van der Waals surface area contributed by atoms with E-state index in [2.05, 4.69) is 5.32 Å². The van der Waals surface area contributed by atoms with E-state index < -0.39 is 24.5 Å². The number of furan rings is 1. The van der Waals surface area contributed by atoms with Crippen LogP contribution in [0.25, 0.3) is 17.4 Å². The van der Waals surface area contributed by atoms with Crippen molar-refractivity contribution in [2.45, 2.75) is 0 Å². The number of nitrogens with one attached hydrogen (secondary N) is 1.